The Balaban J connectivity index is 1.30. The van der Waals surface area contributed by atoms with Crippen LogP contribution in [0, 0.1) is 5.82 Å². The number of amides is 2. The number of carbonyl (C=O) groups excluding carboxylic acids is 1. The normalized spacial score (nSPS) is 14.8. The molecule has 2 heterocycles. The SMILES string of the molecule is O=C(NCc1ccccc1)N1CCC(n2cc(-c3ccc(F)cc3)nn2)CC1. The summed E-state index contributed by atoms with van der Waals surface area (Å²) < 4.78 is 14.9. The van der Waals surface area contributed by atoms with Gasteiger partial charge in [0, 0.05) is 25.2 Å². The van der Waals surface area contributed by atoms with Crippen LogP contribution in [0.4, 0.5) is 9.18 Å². The number of nitrogens with zero attached hydrogens (tertiary/aromatic N) is 4. The second-order valence-electron chi connectivity index (χ2n) is 6.95. The number of likely N-dealkylation sites (tertiary alicyclic amines) is 1. The molecule has 1 fully saturated rings. The van der Waals surface area contributed by atoms with E-state index in [1.165, 1.54) is 12.1 Å². The highest BCUT2D eigenvalue weighted by molar-refractivity contribution is 5.74. The molecule has 1 aliphatic heterocycles. The van der Waals surface area contributed by atoms with Gasteiger partial charge in [-0.1, -0.05) is 35.5 Å². The third kappa shape index (κ3) is 4.19. The van der Waals surface area contributed by atoms with E-state index in [0.29, 0.717) is 19.6 Å². The van der Waals surface area contributed by atoms with Crippen molar-refractivity contribution in [2.24, 2.45) is 0 Å². The average molecular weight is 379 g/mol. The molecule has 1 N–H and O–H groups in total. The van der Waals surface area contributed by atoms with Crippen LogP contribution in [0.15, 0.2) is 60.8 Å². The Labute approximate surface area is 163 Å². The standard InChI is InChI=1S/C21H22FN5O/c22-18-8-6-17(7-9-18)20-15-27(25-24-20)19-10-12-26(13-11-19)21(28)23-14-16-4-2-1-3-5-16/h1-9,15,19H,10-14H2,(H,23,28). The summed E-state index contributed by atoms with van der Waals surface area (Å²) in [6, 6.07) is 16.3. The molecule has 6 nitrogen and oxygen atoms in total. The van der Waals surface area contributed by atoms with Crippen LogP contribution in [-0.4, -0.2) is 39.0 Å². The first-order chi connectivity index (χ1) is 13.7. The van der Waals surface area contributed by atoms with Crippen molar-refractivity contribution in [1.82, 2.24) is 25.2 Å². The summed E-state index contributed by atoms with van der Waals surface area (Å²) in [4.78, 5) is 14.2. The number of hydrogen-bond acceptors (Lipinski definition) is 3. The van der Waals surface area contributed by atoms with Crippen molar-refractivity contribution in [1.29, 1.82) is 0 Å². The van der Waals surface area contributed by atoms with Crippen LogP contribution in [0.25, 0.3) is 11.3 Å². The third-order valence-corrected chi connectivity index (χ3v) is 5.06. The van der Waals surface area contributed by atoms with Crippen LogP contribution in [0.2, 0.25) is 0 Å². The maximum absolute atomic E-state index is 13.1. The minimum Gasteiger partial charge on any atom is -0.334 e. The molecule has 1 aliphatic rings. The van der Waals surface area contributed by atoms with Gasteiger partial charge in [-0.05, 0) is 42.7 Å². The molecular formula is C21H22FN5O. The minimum atomic E-state index is -0.269. The highest BCUT2D eigenvalue weighted by Gasteiger charge is 2.24. The van der Waals surface area contributed by atoms with Gasteiger partial charge in [0.1, 0.15) is 11.5 Å². The van der Waals surface area contributed by atoms with Crippen LogP contribution >= 0.6 is 0 Å². The fourth-order valence-electron chi connectivity index (χ4n) is 3.43. The number of urea groups is 1. The molecule has 3 aromatic rings. The second-order valence-corrected chi connectivity index (χ2v) is 6.95. The van der Waals surface area contributed by atoms with Gasteiger partial charge < -0.3 is 10.2 Å². The molecule has 2 aromatic carbocycles. The quantitative estimate of drug-likeness (QED) is 0.753. The Morgan fingerprint density at radius 1 is 1.07 bits per heavy atom. The Morgan fingerprint density at radius 2 is 1.79 bits per heavy atom. The molecule has 0 spiro atoms. The topological polar surface area (TPSA) is 63.1 Å². The molecule has 1 saturated heterocycles. The minimum absolute atomic E-state index is 0.0344. The van der Waals surface area contributed by atoms with Gasteiger partial charge in [0.05, 0.1) is 12.2 Å². The molecule has 4 rings (SSSR count). The van der Waals surface area contributed by atoms with Crippen LogP contribution in [-0.2, 0) is 6.54 Å². The Bertz CT molecular complexity index is 917. The molecular weight excluding hydrogens is 357 g/mol. The first-order valence-corrected chi connectivity index (χ1v) is 9.43. The summed E-state index contributed by atoms with van der Waals surface area (Å²) in [5.74, 6) is -0.269. The van der Waals surface area contributed by atoms with Gasteiger partial charge in [-0.15, -0.1) is 5.10 Å². The molecule has 2 amide bonds. The molecule has 144 valence electrons. The Hall–Kier alpha value is -3.22. The zero-order valence-electron chi connectivity index (χ0n) is 15.5. The number of benzene rings is 2. The third-order valence-electron chi connectivity index (χ3n) is 5.06. The zero-order valence-corrected chi connectivity index (χ0v) is 15.5. The fourth-order valence-corrected chi connectivity index (χ4v) is 3.43. The predicted molar refractivity (Wildman–Crippen MR) is 104 cm³/mol. The van der Waals surface area contributed by atoms with Gasteiger partial charge in [-0.3, -0.25) is 0 Å². The van der Waals surface area contributed by atoms with Crippen molar-refractivity contribution in [3.05, 3.63) is 72.2 Å². The van der Waals surface area contributed by atoms with Gasteiger partial charge in [-0.25, -0.2) is 13.9 Å². The van der Waals surface area contributed by atoms with Crippen molar-refractivity contribution >= 4 is 6.03 Å². The van der Waals surface area contributed by atoms with Crippen molar-refractivity contribution in [3.8, 4) is 11.3 Å². The van der Waals surface area contributed by atoms with Crippen molar-refractivity contribution in [2.75, 3.05) is 13.1 Å². The van der Waals surface area contributed by atoms with Crippen LogP contribution in [0.1, 0.15) is 24.4 Å². The molecule has 7 heteroatoms. The number of halogens is 1. The highest BCUT2D eigenvalue weighted by Crippen LogP contribution is 2.24. The number of hydrogen-bond donors (Lipinski definition) is 1. The number of aromatic nitrogens is 3. The molecule has 0 radical (unpaired) electrons. The maximum atomic E-state index is 13.1. The van der Waals surface area contributed by atoms with Crippen LogP contribution < -0.4 is 5.32 Å². The average Bonchev–Trinajstić information content (AvgIpc) is 3.24. The van der Waals surface area contributed by atoms with E-state index in [-0.39, 0.29) is 17.9 Å². The first kappa shape index (κ1) is 18.2. The number of nitrogens with one attached hydrogen (secondary N) is 1. The van der Waals surface area contributed by atoms with E-state index in [0.717, 1.165) is 29.7 Å². The Morgan fingerprint density at radius 3 is 2.50 bits per heavy atom. The van der Waals surface area contributed by atoms with Crippen LogP contribution in [0.5, 0.6) is 0 Å². The molecule has 0 atom stereocenters. The summed E-state index contributed by atoms with van der Waals surface area (Å²) in [6.45, 7) is 1.89. The first-order valence-electron chi connectivity index (χ1n) is 9.43. The summed E-state index contributed by atoms with van der Waals surface area (Å²) in [5.41, 5.74) is 2.65. The van der Waals surface area contributed by atoms with E-state index in [1.807, 2.05) is 46.1 Å². The monoisotopic (exact) mass is 379 g/mol. The van der Waals surface area contributed by atoms with E-state index in [4.69, 9.17) is 0 Å². The summed E-state index contributed by atoms with van der Waals surface area (Å²) in [6.07, 6.45) is 3.54. The fraction of sp³-hybridized carbons (Fsp3) is 0.286. The van der Waals surface area contributed by atoms with Gasteiger partial charge in [0.15, 0.2) is 0 Å². The van der Waals surface area contributed by atoms with E-state index in [1.54, 1.807) is 12.1 Å². The molecule has 0 unspecified atom stereocenters. The lowest BCUT2D eigenvalue weighted by Gasteiger charge is -2.31. The smallest absolute Gasteiger partial charge is 0.317 e. The highest BCUT2D eigenvalue weighted by atomic mass is 19.1. The summed E-state index contributed by atoms with van der Waals surface area (Å²) in [5, 5.41) is 11.4. The van der Waals surface area contributed by atoms with E-state index in [9.17, 15) is 9.18 Å². The van der Waals surface area contributed by atoms with E-state index >= 15 is 0 Å². The summed E-state index contributed by atoms with van der Waals surface area (Å²) >= 11 is 0. The van der Waals surface area contributed by atoms with Crippen molar-refractivity contribution in [3.63, 3.8) is 0 Å². The maximum Gasteiger partial charge on any atom is 0.317 e. The number of carbonyl (C=O) groups is 1. The summed E-state index contributed by atoms with van der Waals surface area (Å²) in [7, 11) is 0. The molecule has 0 bridgehead atoms. The van der Waals surface area contributed by atoms with Crippen LogP contribution in [0.3, 0.4) is 0 Å². The Kier molecular flexibility index (Phi) is 5.32. The lowest BCUT2D eigenvalue weighted by molar-refractivity contribution is 0.167. The second kappa shape index (κ2) is 8.21. The van der Waals surface area contributed by atoms with Crippen molar-refractivity contribution < 1.29 is 9.18 Å². The molecule has 0 saturated carbocycles. The van der Waals surface area contributed by atoms with E-state index in [2.05, 4.69) is 15.6 Å². The number of piperidine rings is 1. The predicted octanol–water partition coefficient (Wildman–Crippen LogP) is 3.63. The van der Waals surface area contributed by atoms with Gasteiger partial charge in [-0.2, -0.15) is 0 Å². The molecule has 0 aliphatic carbocycles. The number of rotatable bonds is 4. The molecule has 28 heavy (non-hydrogen) atoms. The van der Waals surface area contributed by atoms with E-state index < -0.39 is 0 Å². The van der Waals surface area contributed by atoms with Gasteiger partial charge >= 0.3 is 6.03 Å². The van der Waals surface area contributed by atoms with Crippen molar-refractivity contribution in [2.45, 2.75) is 25.4 Å². The van der Waals surface area contributed by atoms with Gasteiger partial charge in [0.25, 0.3) is 0 Å². The van der Waals surface area contributed by atoms with Gasteiger partial charge in [0.2, 0.25) is 0 Å². The zero-order chi connectivity index (χ0) is 19.3. The lowest BCUT2D eigenvalue weighted by atomic mass is 10.1. The molecule has 1 aromatic heterocycles. The lowest BCUT2D eigenvalue weighted by Crippen LogP contribution is -2.44. The largest absolute Gasteiger partial charge is 0.334 e.